The summed E-state index contributed by atoms with van der Waals surface area (Å²) in [4.78, 5) is 15.3. The Labute approximate surface area is 59.6 Å². The van der Waals surface area contributed by atoms with Crippen molar-refractivity contribution in [2.45, 2.75) is 19.8 Å². The third kappa shape index (κ3) is 0.589. The molecule has 2 rings (SSSR count). The fourth-order valence-corrected chi connectivity index (χ4v) is 1.58. The predicted molar refractivity (Wildman–Crippen MR) is 39.2 cm³/mol. The molecule has 0 aromatic heterocycles. The number of carbonyl (C=O) groups is 1. The lowest BCUT2D eigenvalue weighted by molar-refractivity contribution is -0.114. The highest BCUT2D eigenvalue weighted by molar-refractivity contribution is 6.13. The normalized spacial score (nSPS) is 23.7. The second-order valence-corrected chi connectivity index (χ2v) is 2.78. The van der Waals surface area contributed by atoms with E-state index in [0.717, 1.165) is 24.1 Å². The quantitative estimate of drug-likeness (QED) is 0.489. The Morgan fingerprint density at radius 2 is 2.10 bits per heavy atom. The van der Waals surface area contributed by atoms with Gasteiger partial charge >= 0.3 is 0 Å². The van der Waals surface area contributed by atoms with Gasteiger partial charge in [0.2, 0.25) is 0 Å². The lowest BCUT2D eigenvalue weighted by atomic mass is 10.1. The molecule has 0 radical (unpaired) electrons. The van der Waals surface area contributed by atoms with Crippen LogP contribution in [0.1, 0.15) is 19.8 Å². The molecule has 0 amide bonds. The molecule has 0 fully saturated rings. The Bertz CT molecular complexity index is 260. The number of hydrogen-bond acceptors (Lipinski definition) is 2. The van der Waals surface area contributed by atoms with Crippen LogP contribution in [0.25, 0.3) is 0 Å². The van der Waals surface area contributed by atoms with Crippen molar-refractivity contribution in [2.24, 2.45) is 4.99 Å². The van der Waals surface area contributed by atoms with E-state index in [1.165, 1.54) is 5.57 Å². The molecule has 10 heavy (non-hydrogen) atoms. The monoisotopic (exact) mass is 135 g/mol. The van der Waals surface area contributed by atoms with Gasteiger partial charge in [-0.1, -0.05) is 0 Å². The molecular weight excluding hydrogens is 126 g/mol. The maximum absolute atomic E-state index is 11.1. The minimum atomic E-state index is 0.315. The largest absolute Gasteiger partial charge is 0.294 e. The third-order valence-corrected chi connectivity index (χ3v) is 2.21. The van der Waals surface area contributed by atoms with Crippen LogP contribution in [0.2, 0.25) is 0 Å². The van der Waals surface area contributed by atoms with E-state index in [2.05, 4.69) is 4.99 Å². The highest BCUT2D eigenvalue weighted by Gasteiger charge is 2.27. The Kier molecular flexibility index (Phi) is 1.04. The summed E-state index contributed by atoms with van der Waals surface area (Å²) in [7, 11) is 0. The average Bonchev–Trinajstić information content (AvgIpc) is 2.41. The minimum absolute atomic E-state index is 0.315. The number of carbonyl (C=O) groups excluding carboxylic acids is 1. The second-order valence-electron chi connectivity index (χ2n) is 2.78. The molecule has 0 N–H and O–H groups in total. The van der Waals surface area contributed by atoms with Crippen LogP contribution in [0, 0.1) is 0 Å². The van der Waals surface area contributed by atoms with Crippen LogP contribution in [0.4, 0.5) is 0 Å². The molecule has 2 aliphatic rings. The molecule has 2 nitrogen and oxygen atoms in total. The van der Waals surface area contributed by atoms with E-state index in [-0.39, 0.29) is 0 Å². The number of nitrogens with zero attached hydrogens (tertiary/aromatic N) is 1. The summed E-state index contributed by atoms with van der Waals surface area (Å²) in [5.41, 5.74) is 3.29. The van der Waals surface area contributed by atoms with Gasteiger partial charge in [0.05, 0.1) is 6.54 Å². The van der Waals surface area contributed by atoms with Gasteiger partial charge in [0.15, 0.2) is 5.78 Å². The van der Waals surface area contributed by atoms with Crippen molar-refractivity contribution < 1.29 is 4.79 Å². The molecule has 0 saturated carbocycles. The zero-order valence-electron chi connectivity index (χ0n) is 5.98. The van der Waals surface area contributed by atoms with Gasteiger partial charge in [-0.3, -0.25) is 9.79 Å². The van der Waals surface area contributed by atoms with Crippen LogP contribution in [0.15, 0.2) is 16.1 Å². The summed E-state index contributed by atoms with van der Waals surface area (Å²) in [6, 6.07) is 0. The summed E-state index contributed by atoms with van der Waals surface area (Å²) < 4.78 is 0. The maximum Gasteiger partial charge on any atom is 0.161 e. The number of hydrogen-bond donors (Lipinski definition) is 0. The molecule has 0 atom stereocenters. The molecule has 0 bridgehead atoms. The third-order valence-electron chi connectivity index (χ3n) is 2.21. The van der Waals surface area contributed by atoms with Crippen molar-refractivity contribution in [3.63, 3.8) is 0 Å². The first-order valence-electron chi connectivity index (χ1n) is 3.55. The molecule has 2 heteroatoms. The molecular formula is C8H9NO. The van der Waals surface area contributed by atoms with E-state index in [1.54, 1.807) is 0 Å². The SMILES string of the molecule is CC1=NCC2=C1CCC2=O. The van der Waals surface area contributed by atoms with Crippen LogP contribution >= 0.6 is 0 Å². The van der Waals surface area contributed by atoms with Gasteiger partial charge in [-0.05, 0) is 18.9 Å². The van der Waals surface area contributed by atoms with Crippen molar-refractivity contribution in [3.8, 4) is 0 Å². The Morgan fingerprint density at radius 1 is 1.30 bits per heavy atom. The maximum atomic E-state index is 11.1. The predicted octanol–water partition coefficient (Wildman–Crippen LogP) is 1.12. The zero-order valence-corrected chi connectivity index (χ0v) is 5.98. The summed E-state index contributed by atoms with van der Waals surface area (Å²) in [5, 5.41) is 0. The Morgan fingerprint density at radius 3 is 2.80 bits per heavy atom. The lowest BCUT2D eigenvalue weighted by Crippen LogP contribution is -1.96. The first kappa shape index (κ1) is 5.83. The average molecular weight is 135 g/mol. The fraction of sp³-hybridized carbons (Fsp3) is 0.500. The highest BCUT2D eigenvalue weighted by Crippen LogP contribution is 2.28. The lowest BCUT2D eigenvalue weighted by Gasteiger charge is -1.91. The number of allylic oxidation sites excluding steroid dienone is 1. The Hall–Kier alpha value is -0.920. The molecule has 1 aliphatic heterocycles. The first-order chi connectivity index (χ1) is 4.79. The summed E-state index contributed by atoms with van der Waals surface area (Å²) in [6.45, 7) is 2.64. The second kappa shape index (κ2) is 1.78. The van der Waals surface area contributed by atoms with Crippen LogP contribution < -0.4 is 0 Å². The molecule has 0 unspecified atom stereocenters. The van der Waals surface area contributed by atoms with E-state index >= 15 is 0 Å². The van der Waals surface area contributed by atoms with Crippen LogP contribution in [-0.2, 0) is 4.79 Å². The van der Waals surface area contributed by atoms with E-state index in [4.69, 9.17) is 0 Å². The van der Waals surface area contributed by atoms with E-state index in [9.17, 15) is 4.79 Å². The van der Waals surface area contributed by atoms with Crippen molar-refractivity contribution in [2.75, 3.05) is 6.54 Å². The van der Waals surface area contributed by atoms with Crippen molar-refractivity contribution in [1.29, 1.82) is 0 Å². The standard InChI is InChI=1S/C8H9NO/c1-5-6-2-3-8(10)7(6)4-9-5/h2-4H2,1H3. The van der Waals surface area contributed by atoms with Gasteiger partial charge < -0.3 is 0 Å². The molecule has 0 spiro atoms. The topological polar surface area (TPSA) is 29.4 Å². The van der Waals surface area contributed by atoms with Gasteiger partial charge in [-0.25, -0.2) is 0 Å². The summed E-state index contributed by atoms with van der Waals surface area (Å²) >= 11 is 0. The van der Waals surface area contributed by atoms with Crippen molar-refractivity contribution >= 4 is 11.5 Å². The molecule has 0 saturated heterocycles. The van der Waals surface area contributed by atoms with Crippen molar-refractivity contribution in [3.05, 3.63) is 11.1 Å². The first-order valence-corrected chi connectivity index (χ1v) is 3.55. The number of ketones is 1. The number of Topliss-reactive ketones (excluding diaryl/α,β-unsaturated/α-hetero) is 1. The molecule has 0 aromatic carbocycles. The van der Waals surface area contributed by atoms with Gasteiger partial charge in [0.1, 0.15) is 0 Å². The Balaban J connectivity index is 2.43. The molecule has 52 valence electrons. The highest BCUT2D eigenvalue weighted by atomic mass is 16.1. The molecule has 1 heterocycles. The van der Waals surface area contributed by atoms with Gasteiger partial charge in [0, 0.05) is 17.7 Å². The van der Waals surface area contributed by atoms with Gasteiger partial charge in [-0.15, -0.1) is 0 Å². The minimum Gasteiger partial charge on any atom is -0.294 e. The van der Waals surface area contributed by atoms with Gasteiger partial charge in [-0.2, -0.15) is 0 Å². The van der Waals surface area contributed by atoms with E-state index in [0.29, 0.717) is 12.3 Å². The number of aliphatic imine (C=N–C) groups is 1. The number of rotatable bonds is 0. The zero-order chi connectivity index (χ0) is 7.14. The van der Waals surface area contributed by atoms with Crippen LogP contribution in [-0.4, -0.2) is 18.0 Å². The summed E-state index contributed by atoms with van der Waals surface area (Å²) in [6.07, 6.45) is 1.65. The smallest absolute Gasteiger partial charge is 0.161 e. The van der Waals surface area contributed by atoms with E-state index < -0.39 is 0 Å². The van der Waals surface area contributed by atoms with Crippen LogP contribution in [0.5, 0.6) is 0 Å². The molecule has 1 aliphatic carbocycles. The van der Waals surface area contributed by atoms with Gasteiger partial charge in [0.25, 0.3) is 0 Å². The summed E-state index contributed by atoms with van der Waals surface area (Å²) in [5.74, 6) is 0.315. The van der Waals surface area contributed by atoms with Crippen LogP contribution in [0.3, 0.4) is 0 Å². The fourth-order valence-electron chi connectivity index (χ4n) is 1.58. The van der Waals surface area contributed by atoms with E-state index in [1.807, 2.05) is 6.92 Å². The van der Waals surface area contributed by atoms with Crippen molar-refractivity contribution in [1.82, 2.24) is 0 Å². The molecule has 0 aromatic rings.